The van der Waals surface area contributed by atoms with Crippen LogP contribution in [0.3, 0.4) is 0 Å². The lowest BCUT2D eigenvalue weighted by Crippen LogP contribution is -2.40. The summed E-state index contributed by atoms with van der Waals surface area (Å²) in [6.45, 7) is 0.624. The van der Waals surface area contributed by atoms with E-state index in [9.17, 15) is 9.59 Å². The fraction of sp³-hybridized carbons (Fsp3) is 0.588. The van der Waals surface area contributed by atoms with Crippen LogP contribution in [-0.4, -0.2) is 47.9 Å². The molecule has 126 valence electrons. The van der Waals surface area contributed by atoms with Gasteiger partial charge in [-0.15, -0.1) is 0 Å². The Morgan fingerprint density at radius 2 is 2.22 bits per heavy atom. The SMILES string of the molecule is CN(CCc1ccccn1)C(=O)CNC(=O)C[C@@H]1CCC[C@H]1N. The van der Waals surface area contributed by atoms with Crippen LogP contribution in [0.1, 0.15) is 31.4 Å². The first-order chi connectivity index (χ1) is 11.1. The van der Waals surface area contributed by atoms with Crippen molar-refractivity contribution in [2.75, 3.05) is 20.1 Å². The number of pyridine rings is 1. The maximum Gasteiger partial charge on any atom is 0.241 e. The summed E-state index contributed by atoms with van der Waals surface area (Å²) < 4.78 is 0. The molecule has 0 saturated heterocycles. The van der Waals surface area contributed by atoms with Crippen molar-refractivity contribution in [3.63, 3.8) is 0 Å². The van der Waals surface area contributed by atoms with Crippen molar-refractivity contribution < 1.29 is 9.59 Å². The van der Waals surface area contributed by atoms with Crippen LogP contribution in [0.25, 0.3) is 0 Å². The highest BCUT2D eigenvalue weighted by Crippen LogP contribution is 2.26. The highest BCUT2D eigenvalue weighted by Gasteiger charge is 2.26. The molecule has 0 bridgehead atoms. The second-order valence-electron chi connectivity index (χ2n) is 6.22. The minimum Gasteiger partial charge on any atom is -0.347 e. The summed E-state index contributed by atoms with van der Waals surface area (Å²) in [5, 5.41) is 2.71. The Hall–Kier alpha value is -1.95. The van der Waals surface area contributed by atoms with Gasteiger partial charge in [0.05, 0.1) is 6.54 Å². The third-order valence-electron chi connectivity index (χ3n) is 4.46. The molecule has 2 rings (SSSR count). The fourth-order valence-corrected chi connectivity index (χ4v) is 2.89. The van der Waals surface area contributed by atoms with E-state index in [2.05, 4.69) is 10.3 Å². The first-order valence-electron chi connectivity index (χ1n) is 8.22. The third kappa shape index (κ3) is 5.63. The topological polar surface area (TPSA) is 88.3 Å². The van der Waals surface area contributed by atoms with Crippen molar-refractivity contribution in [3.05, 3.63) is 30.1 Å². The summed E-state index contributed by atoms with van der Waals surface area (Å²) in [6.07, 6.45) is 5.96. The van der Waals surface area contributed by atoms with Crippen molar-refractivity contribution in [2.45, 2.75) is 38.1 Å². The zero-order valence-corrected chi connectivity index (χ0v) is 13.7. The van der Waals surface area contributed by atoms with E-state index in [0.717, 1.165) is 25.0 Å². The van der Waals surface area contributed by atoms with Gasteiger partial charge in [-0.1, -0.05) is 12.5 Å². The molecule has 1 fully saturated rings. The minimum atomic E-state index is -0.0926. The molecule has 1 aromatic heterocycles. The van der Waals surface area contributed by atoms with Gasteiger partial charge in [0.2, 0.25) is 11.8 Å². The summed E-state index contributed by atoms with van der Waals surface area (Å²) >= 11 is 0. The second-order valence-corrected chi connectivity index (χ2v) is 6.22. The molecule has 0 aromatic carbocycles. The smallest absolute Gasteiger partial charge is 0.241 e. The molecule has 1 heterocycles. The predicted octanol–water partition coefficient (Wildman–Crippen LogP) is 0.716. The standard InChI is InChI=1S/C17H26N4O2/c1-21(10-8-14-6-2-3-9-19-14)17(23)12-20-16(22)11-13-5-4-7-15(13)18/h2-3,6,9,13,15H,4-5,7-8,10-12,18H2,1H3,(H,20,22)/t13-,15+/m0/s1. The van der Waals surface area contributed by atoms with E-state index in [1.54, 1.807) is 18.1 Å². The second kappa shape index (κ2) is 8.62. The van der Waals surface area contributed by atoms with E-state index >= 15 is 0 Å². The molecule has 1 aliphatic carbocycles. The first-order valence-corrected chi connectivity index (χ1v) is 8.22. The van der Waals surface area contributed by atoms with Crippen molar-refractivity contribution in [1.29, 1.82) is 0 Å². The highest BCUT2D eigenvalue weighted by molar-refractivity contribution is 5.84. The van der Waals surface area contributed by atoms with Crippen LogP contribution < -0.4 is 11.1 Å². The van der Waals surface area contributed by atoms with Crippen LogP contribution in [0.2, 0.25) is 0 Å². The van der Waals surface area contributed by atoms with Gasteiger partial charge in [-0.3, -0.25) is 14.6 Å². The monoisotopic (exact) mass is 318 g/mol. The fourth-order valence-electron chi connectivity index (χ4n) is 2.89. The van der Waals surface area contributed by atoms with E-state index in [4.69, 9.17) is 5.73 Å². The molecule has 1 aromatic rings. The third-order valence-corrected chi connectivity index (χ3v) is 4.46. The van der Waals surface area contributed by atoms with Crippen molar-refractivity contribution >= 4 is 11.8 Å². The van der Waals surface area contributed by atoms with Gasteiger partial charge in [-0.2, -0.15) is 0 Å². The molecular weight excluding hydrogens is 292 g/mol. The van der Waals surface area contributed by atoms with Crippen LogP contribution in [0.5, 0.6) is 0 Å². The number of hydrogen-bond acceptors (Lipinski definition) is 4. The Kier molecular flexibility index (Phi) is 6.52. The number of nitrogens with two attached hydrogens (primary N) is 1. The molecule has 6 heteroatoms. The first kappa shape index (κ1) is 17.4. The maximum absolute atomic E-state index is 12.0. The average molecular weight is 318 g/mol. The number of carbonyl (C=O) groups is 2. The Bertz CT molecular complexity index is 521. The van der Waals surface area contributed by atoms with Crippen molar-refractivity contribution in [1.82, 2.24) is 15.2 Å². The normalized spacial score (nSPS) is 20.3. The van der Waals surface area contributed by atoms with Gasteiger partial charge in [-0.05, 0) is 30.9 Å². The lowest BCUT2D eigenvalue weighted by atomic mass is 10.00. The van der Waals surface area contributed by atoms with Gasteiger partial charge in [-0.25, -0.2) is 0 Å². The molecule has 1 saturated carbocycles. The van der Waals surface area contributed by atoms with E-state index in [-0.39, 0.29) is 30.3 Å². The molecule has 2 atom stereocenters. The number of amides is 2. The predicted molar refractivity (Wildman–Crippen MR) is 88.5 cm³/mol. The molecule has 0 aliphatic heterocycles. The zero-order valence-electron chi connectivity index (χ0n) is 13.7. The number of carbonyl (C=O) groups excluding carboxylic acids is 2. The number of hydrogen-bond donors (Lipinski definition) is 2. The van der Waals surface area contributed by atoms with Crippen LogP contribution in [0.15, 0.2) is 24.4 Å². The summed E-state index contributed by atoms with van der Waals surface area (Å²) in [5.74, 6) is 0.0795. The molecule has 2 amide bonds. The molecule has 0 unspecified atom stereocenters. The van der Waals surface area contributed by atoms with Crippen LogP contribution in [0, 0.1) is 5.92 Å². The Labute approximate surface area is 137 Å². The molecular formula is C17H26N4O2. The van der Waals surface area contributed by atoms with E-state index in [0.29, 0.717) is 19.4 Å². The largest absolute Gasteiger partial charge is 0.347 e. The van der Waals surface area contributed by atoms with E-state index in [1.165, 1.54) is 0 Å². The van der Waals surface area contributed by atoms with E-state index in [1.807, 2.05) is 18.2 Å². The van der Waals surface area contributed by atoms with Gasteiger partial charge < -0.3 is 16.0 Å². The van der Waals surface area contributed by atoms with Crippen LogP contribution in [-0.2, 0) is 16.0 Å². The van der Waals surface area contributed by atoms with Crippen molar-refractivity contribution in [2.24, 2.45) is 11.7 Å². The summed E-state index contributed by atoms with van der Waals surface area (Å²) in [5.41, 5.74) is 6.92. The maximum atomic E-state index is 12.0. The van der Waals surface area contributed by atoms with E-state index < -0.39 is 0 Å². The minimum absolute atomic E-state index is 0.0412. The zero-order chi connectivity index (χ0) is 16.7. The quantitative estimate of drug-likeness (QED) is 0.775. The van der Waals surface area contributed by atoms with Crippen LogP contribution in [0.4, 0.5) is 0 Å². The Balaban J connectivity index is 1.66. The van der Waals surface area contributed by atoms with Gasteiger partial charge >= 0.3 is 0 Å². The molecule has 23 heavy (non-hydrogen) atoms. The number of nitrogens with zero attached hydrogens (tertiary/aromatic N) is 2. The molecule has 0 radical (unpaired) electrons. The number of likely N-dealkylation sites (N-methyl/N-ethyl adjacent to an activating group) is 1. The summed E-state index contributed by atoms with van der Waals surface area (Å²) in [6, 6.07) is 5.85. The van der Waals surface area contributed by atoms with Gasteiger partial charge in [0.15, 0.2) is 0 Å². The highest BCUT2D eigenvalue weighted by atomic mass is 16.2. The lowest BCUT2D eigenvalue weighted by molar-refractivity contribution is -0.132. The number of rotatable bonds is 7. The summed E-state index contributed by atoms with van der Waals surface area (Å²) in [4.78, 5) is 29.8. The number of nitrogens with one attached hydrogen (secondary N) is 1. The molecule has 6 nitrogen and oxygen atoms in total. The van der Waals surface area contributed by atoms with Crippen LogP contribution >= 0.6 is 0 Å². The Morgan fingerprint density at radius 3 is 2.87 bits per heavy atom. The molecule has 1 aliphatic rings. The van der Waals surface area contributed by atoms with Crippen molar-refractivity contribution in [3.8, 4) is 0 Å². The molecule has 3 N–H and O–H groups in total. The molecule has 0 spiro atoms. The lowest BCUT2D eigenvalue weighted by Gasteiger charge is -2.18. The van der Waals surface area contributed by atoms with Gasteiger partial charge in [0.25, 0.3) is 0 Å². The average Bonchev–Trinajstić information content (AvgIpc) is 2.96. The van der Waals surface area contributed by atoms with Gasteiger partial charge in [0.1, 0.15) is 0 Å². The summed E-state index contributed by atoms with van der Waals surface area (Å²) in [7, 11) is 1.74. The Morgan fingerprint density at radius 1 is 1.39 bits per heavy atom. The van der Waals surface area contributed by atoms with Gasteiger partial charge in [0, 0.05) is 44.4 Å². The number of aromatic nitrogens is 1.